The van der Waals surface area contributed by atoms with Crippen LogP contribution < -0.4 is 5.32 Å². The standard InChI is InChI=1S/C13H10BrFN2O2/c14-11-6-5-10(15)7-9(11)8-16-12-3-1-2-4-13(12)17(18)19/h1-7,16H,8H2. The SMILES string of the molecule is O=[N+]([O-])c1ccccc1NCc1cc(F)ccc1Br. The lowest BCUT2D eigenvalue weighted by atomic mass is 10.2. The van der Waals surface area contributed by atoms with E-state index in [1.807, 2.05) is 0 Å². The second kappa shape index (κ2) is 5.79. The molecule has 0 radical (unpaired) electrons. The molecule has 0 aliphatic heterocycles. The van der Waals surface area contributed by atoms with E-state index in [2.05, 4.69) is 21.2 Å². The second-order valence-corrected chi connectivity index (χ2v) is 4.72. The van der Waals surface area contributed by atoms with Crippen LogP contribution in [0, 0.1) is 15.9 Å². The highest BCUT2D eigenvalue weighted by atomic mass is 79.9. The first kappa shape index (κ1) is 13.5. The Morgan fingerprint density at radius 3 is 2.74 bits per heavy atom. The number of benzene rings is 2. The van der Waals surface area contributed by atoms with E-state index in [1.54, 1.807) is 24.3 Å². The third kappa shape index (κ3) is 3.29. The summed E-state index contributed by atoms with van der Waals surface area (Å²) in [5.74, 6) is -0.345. The molecule has 0 unspecified atom stereocenters. The first-order valence-corrected chi connectivity index (χ1v) is 6.28. The molecule has 98 valence electrons. The van der Waals surface area contributed by atoms with E-state index in [4.69, 9.17) is 0 Å². The van der Waals surface area contributed by atoms with Gasteiger partial charge in [0.15, 0.2) is 0 Å². The third-order valence-corrected chi connectivity index (χ3v) is 3.35. The zero-order chi connectivity index (χ0) is 13.8. The minimum atomic E-state index is -0.455. The number of rotatable bonds is 4. The summed E-state index contributed by atoms with van der Waals surface area (Å²) in [5, 5.41) is 13.8. The third-order valence-electron chi connectivity index (χ3n) is 2.58. The summed E-state index contributed by atoms with van der Waals surface area (Å²) >= 11 is 3.31. The van der Waals surface area contributed by atoms with Crippen LogP contribution in [0.4, 0.5) is 15.8 Å². The van der Waals surface area contributed by atoms with E-state index in [0.717, 1.165) is 4.47 Å². The summed E-state index contributed by atoms with van der Waals surface area (Å²) in [6, 6.07) is 10.7. The molecule has 0 amide bonds. The number of hydrogen-bond acceptors (Lipinski definition) is 3. The van der Waals surface area contributed by atoms with Gasteiger partial charge in [-0.2, -0.15) is 0 Å². The van der Waals surface area contributed by atoms with Crippen LogP contribution in [-0.4, -0.2) is 4.92 Å². The average Bonchev–Trinajstić information content (AvgIpc) is 2.40. The van der Waals surface area contributed by atoms with Gasteiger partial charge < -0.3 is 5.32 Å². The van der Waals surface area contributed by atoms with E-state index < -0.39 is 4.92 Å². The molecule has 0 heterocycles. The first-order chi connectivity index (χ1) is 9.08. The molecule has 2 aromatic rings. The predicted molar refractivity (Wildman–Crippen MR) is 74.5 cm³/mol. The zero-order valence-corrected chi connectivity index (χ0v) is 11.4. The van der Waals surface area contributed by atoms with Gasteiger partial charge in [-0.05, 0) is 29.8 Å². The molecule has 0 spiro atoms. The van der Waals surface area contributed by atoms with Gasteiger partial charge in [-0.15, -0.1) is 0 Å². The minimum absolute atomic E-state index is 0.00461. The van der Waals surface area contributed by atoms with E-state index in [-0.39, 0.29) is 11.5 Å². The lowest BCUT2D eigenvalue weighted by Crippen LogP contribution is -2.03. The van der Waals surface area contributed by atoms with Crippen molar-refractivity contribution >= 4 is 27.3 Å². The fourth-order valence-corrected chi connectivity index (χ4v) is 2.04. The Balaban J connectivity index is 2.19. The van der Waals surface area contributed by atoms with Gasteiger partial charge in [0.05, 0.1) is 4.92 Å². The van der Waals surface area contributed by atoms with E-state index in [9.17, 15) is 14.5 Å². The van der Waals surface area contributed by atoms with Crippen LogP contribution in [0.5, 0.6) is 0 Å². The van der Waals surface area contributed by atoms with Crippen molar-refractivity contribution in [2.45, 2.75) is 6.54 Å². The fraction of sp³-hybridized carbons (Fsp3) is 0.0769. The topological polar surface area (TPSA) is 55.2 Å². The Kier molecular flexibility index (Phi) is 4.11. The summed E-state index contributed by atoms with van der Waals surface area (Å²) < 4.78 is 13.9. The summed E-state index contributed by atoms with van der Waals surface area (Å²) in [5.41, 5.74) is 1.09. The summed E-state index contributed by atoms with van der Waals surface area (Å²) in [7, 11) is 0. The fourth-order valence-electron chi connectivity index (χ4n) is 1.65. The van der Waals surface area contributed by atoms with Crippen LogP contribution in [0.2, 0.25) is 0 Å². The van der Waals surface area contributed by atoms with Crippen molar-refractivity contribution in [3.05, 3.63) is 68.4 Å². The molecule has 0 atom stereocenters. The van der Waals surface area contributed by atoms with Crippen molar-refractivity contribution in [1.29, 1.82) is 0 Å². The van der Waals surface area contributed by atoms with E-state index in [0.29, 0.717) is 17.8 Å². The largest absolute Gasteiger partial charge is 0.375 e. The number of nitro groups is 1. The average molecular weight is 325 g/mol. The van der Waals surface area contributed by atoms with Gasteiger partial charge in [0, 0.05) is 17.1 Å². The van der Waals surface area contributed by atoms with Gasteiger partial charge >= 0.3 is 0 Å². The number of hydrogen-bond donors (Lipinski definition) is 1. The van der Waals surface area contributed by atoms with Gasteiger partial charge in [0.1, 0.15) is 11.5 Å². The van der Waals surface area contributed by atoms with Gasteiger partial charge in [0.25, 0.3) is 5.69 Å². The summed E-state index contributed by atoms with van der Waals surface area (Å²) in [6.45, 7) is 0.295. The molecule has 2 aromatic carbocycles. The number of nitrogens with one attached hydrogen (secondary N) is 1. The monoisotopic (exact) mass is 324 g/mol. The molecule has 0 saturated carbocycles. The molecule has 2 rings (SSSR count). The maximum absolute atomic E-state index is 13.1. The Morgan fingerprint density at radius 1 is 1.26 bits per heavy atom. The van der Waals surface area contributed by atoms with Crippen LogP contribution in [0.1, 0.15) is 5.56 Å². The van der Waals surface area contributed by atoms with E-state index in [1.165, 1.54) is 18.2 Å². The molecule has 19 heavy (non-hydrogen) atoms. The van der Waals surface area contributed by atoms with Crippen LogP contribution >= 0.6 is 15.9 Å². The number of halogens is 2. The maximum atomic E-state index is 13.1. The van der Waals surface area contributed by atoms with Gasteiger partial charge in [-0.3, -0.25) is 10.1 Å². The van der Waals surface area contributed by atoms with E-state index >= 15 is 0 Å². The highest BCUT2D eigenvalue weighted by molar-refractivity contribution is 9.10. The summed E-state index contributed by atoms with van der Waals surface area (Å²) in [4.78, 5) is 10.4. The summed E-state index contributed by atoms with van der Waals surface area (Å²) in [6.07, 6.45) is 0. The number of nitrogens with zero attached hydrogens (tertiary/aromatic N) is 1. The Morgan fingerprint density at radius 2 is 2.00 bits per heavy atom. The highest BCUT2D eigenvalue weighted by Crippen LogP contribution is 2.25. The van der Waals surface area contributed by atoms with Crippen LogP contribution in [0.25, 0.3) is 0 Å². The Labute approximate surface area is 117 Å². The predicted octanol–water partition coefficient (Wildman–Crippen LogP) is 4.11. The molecule has 0 aromatic heterocycles. The number of para-hydroxylation sites is 2. The molecule has 0 fully saturated rings. The number of anilines is 1. The van der Waals surface area contributed by atoms with Gasteiger partial charge in [-0.1, -0.05) is 28.1 Å². The van der Waals surface area contributed by atoms with Crippen LogP contribution in [0.15, 0.2) is 46.9 Å². The Bertz CT molecular complexity index is 619. The van der Waals surface area contributed by atoms with Crippen molar-refractivity contribution in [2.75, 3.05) is 5.32 Å². The van der Waals surface area contributed by atoms with Crippen LogP contribution in [0.3, 0.4) is 0 Å². The molecule has 1 N–H and O–H groups in total. The first-order valence-electron chi connectivity index (χ1n) is 5.49. The Hall–Kier alpha value is -1.95. The number of nitro benzene ring substituents is 1. The zero-order valence-electron chi connectivity index (χ0n) is 9.77. The van der Waals surface area contributed by atoms with Crippen molar-refractivity contribution < 1.29 is 9.31 Å². The molecule has 6 heteroatoms. The lowest BCUT2D eigenvalue weighted by molar-refractivity contribution is -0.384. The van der Waals surface area contributed by atoms with Gasteiger partial charge in [0.2, 0.25) is 0 Å². The normalized spacial score (nSPS) is 10.2. The molecular formula is C13H10BrFN2O2. The molecule has 4 nitrogen and oxygen atoms in total. The molecule has 0 bridgehead atoms. The van der Waals surface area contributed by atoms with Crippen molar-refractivity contribution in [2.24, 2.45) is 0 Å². The quantitative estimate of drug-likeness (QED) is 0.680. The van der Waals surface area contributed by atoms with Crippen LogP contribution in [-0.2, 0) is 6.54 Å². The molecular weight excluding hydrogens is 315 g/mol. The molecule has 0 aliphatic carbocycles. The highest BCUT2D eigenvalue weighted by Gasteiger charge is 2.12. The van der Waals surface area contributed by atoms with Crippen molar-refractivity contribution in [1.82, 2.24) is 0 Å². The minimum Gasteiger partial charge on any atom is -0.375 e. The van der Waals surface area contributed by atoms with Crippen molar-refractivity contribution in [3.63, 3.8) is 0 Å². The smallest absolute Gasteiger partial charge is 0.292 e. The maximum Gasteiger partial charge on any atom is 0.292 e. The lowest BCUT2D eigenvalue weighted by Gasteiger charge is -2.08. The molecule has 0 saturated heterocycles. The van der Waals surface area contributed by atoms with Gasteiger partial charge in [-0.25, -0.2) is 4.39 Å². The van der Waals surface area contributed by atoms with Crippen molar-refractivity contribution in [3.8, 4) is 0 Å². The second-order valence-electron chi connectivity index (χ2n) is 3.86. The molecule has 0 aliphatic rings.